The summed E-state index contributed by atoms with van der Waals surface area (Å²) in [6.07, 6.45) is 20.5. The van der Waals surface area contributed by atoms with Gasteiger partial charge in [-0.2, -0.15) is 0 Å². The third-order valence-electron chi connectivity index (χ3n) is 5.99. The van der Waals surface area contributed by atoms with Crippen molar-refractivity contribution in [1.29, 1.82) is 0 Å². The molecule has 30 heavy (non-hydrogen) atoms. The second-order valence-electron chi connectivity index (χ2n) is 8.87. The van der Waals surface area contributed by atoms with Gasteiger partial charge >= 0.3 is 51.4 Å². The van der Waals surface area contributed by atoms with Crippen LogP contribution < -0.4 is 51.4 Å². The molecule has 0 bridgehead atoms. The molecule has 0 heterocycles. The number of aliphatic hydroxyl groups is 1. The topological polar surface area (TPSA) is 77.4 Å². The van der Waals surface area contributed by atoms with Gasteiger partial charge in [-0.05, 0) is 32.1 Å². The van der Waals surface area contributed by atoms with Crippen LogP contribution in [0.15, 0.2) is 0 Å². The molecule has 6 heteroatoms. The first-order chi connectivity index (χ1) is 13.9. The quantitative estimate of drug-likeness (QED) is 0.146. The summed E-state index contributed by atoms with van der Waals surface area (Å²) >= 11 is 0. The van der Waals surface area contributed by atoms with Gasteiger partial charge in [-0.1, -0.05) is 110 Å². The third-order valence-corrected chi connectivity index (χ3v) is 7.28. The Hall–Kier alpha value is 1.51. The monoisotopic (exact) mass is 472 g/mol. The molecule has 0 saturated carbocycles. The van der Waals surface area contributed by atoms with Crippen LogP contribution in [0.3, 0.4) is 0 Å². The molecule has 0 radical (unpaired) electrons. The molecule has 0 aromatic carbocycles. The molecule has 0 rings (SSSR count). The Morgan fingerprint density at radius 3 is 1.37 bits per heavy atom. The maximum atomic E-state index is 11.5. The van der Waals surface area contributed by atoms with Gasteiger partial charge < -0.3 is 9.66 Å². The first-order valence-electron chi connectivity index (χ1n) is 12.5. The first-order valence-corrected chi connectivity index (χ1v) is 14.0. The van der Waals surface area contributed by atoms with Crippen molar-refractivity contribution >= 4 is 10.1 Å². The van der Waals surface area contributed by atoms with Crippen LogP contribution in [-0.2, 0) is 10.1 Å². The van der Waals surface area contributed by atoms with Crippen molar-refractivity contribution in [3.05, 3.63) is 0 Å². The van der Waals surface area contributed by atoms with Gasteiger partial charge in [-0.15, -0.1) is 0 Å². The summed E-state index contributed by atoms with van der Waals surface area (Å²) in [5.41, 5.74) is 0. The van der Waals surface area contributed by atoms with Crippen LogP contribution >= 0.6 is 0 Å². The van der Waals surface area contributed by atoms with Crippen LogP contribution in [-0.4, -0.2) is 29.4 Å². The van der Waals surface area contributed by atoms with E-state index in [1.807, 2.05) is 0 Å². The fourth-order valence-corrected chi connectivity index (χ4v) is 4.91. The maximum absolute atomic E-state index is 11.5. The minimum absolute atomic E-state index is 0. The van der Waals surface area contributed by atoms with Crippen LogP contribution in [0.5, 0.6) is 0 Å². The average Bonchev–Trinajstić information content (AvgIpc) is 2.67. The van der Waals surface area contributed by atoms with Crippen molar-refractivity contribution in [2.75, 3.05) is 0 Å². The van der Waals surface area contributed by atoms with Crippen molar-refractivity contribution in [2.45, 2.75) is 154 Å². The molecule has 0 aromatic rings. The minimum atomic E-state index is -4.23. The molecule has 176 valence electrons. The fourth-order valence-electron chi connectivity index (χ4n) is 4.00. The Kier molecular flexibility index (Phi) is 26.6. The van der Waals surface area contributed by atoms with Crippen LogP contribution in [0.1, 0.15) is 142 Å². The number of hydrogen-bond donors (Lipinski definition) is 1. The van der Waals surface area contributed by atoms with Gasteiger partial charge in [-0.3, -0.25) is 0 Å². The van der Waals surface area contributed by atoms with Gasteiger partial charge in [0.05, 0.1) is 16.2 Å². The third kappa shape index (κ3) is 22.7. The zero-order valence-electron chi connectivity index (χ0n) is 20.4. The van der Waals surface area contributed by atoms with Crippen molar-refractivity contribution < 1.29 is 69.5 Å². The van der Waals surface area contributed by atoms with Gasteiger partial charge in [0, 0.05) is 5.25 Å². The molecular formula is C24H49KO4S. The van der Waals surface area contributed by atoms with E-state index in [1.54, 1.807) is 0 Å². The maximum Gasteiger partial charge on any atom is 1.00 e. The second kappa shape index (κ2) is 23.7. The van der Waals surface area contributed by atoms with E-state index in [2.05, 4.69) is 13.8 Å². The van der Waals surface area contributed by atoms with Gasteiger partial charge in [-0.25, -0.2) is 8.42 Å². The van der Waals surface area contributed by atoms with Gasteiger partial charge in [0.15, 0.2) is 0 Å². The van der Waals surface area contributed by atoms with E-state index in [-0.39, 0.29) is 57.5 Å². The molecule has 0 aliphatic heterocycles. The van der Waals surface area contributed by atoms with E-state index in [0.29, 0.717) is 25.7 Å². The summed E-state index contributed by atoms with van der Waals surface area (Å²) in [6.45, 7) is 4.41. The van der Waals surface area contributed by atoms with E-state index >= 15 is 0 Å². The average molecular weight is 473 g/mol. The first kappa shape index (κ1) is 33.7. The van der Waals surface area contributed by atoms with Crippen LogP contribution in [0.4, 0.5) is 0 Å². The molecule has 2 unspecified atom stereocenters. The van der Waals surface area contributed by atoms with Gasteiger partial charge in [0.1, 0.15) is 0 Å². The van der Waals surface area contributed by atoms with E-state index in [4.69, 9.17) is 0 Å². The largest absolute Gasteiger partial charge is 1.00 e. The molecular weight excluding hydrogens is 423 g/mol. The van der Waals surface area contributed by atoms with Crippen molar-refractivity contribution in [3.8, 4) is 0 Å². The summed E-state index contributed by atoms with van der Waals surface area (Å²) in [5, 5.41) is 9.36. The SMILES string of the molecule is CCCCCCCCCCCC(O)CCCC(CCCCCCCC)S(=O)(=O)[O-].[K+]. The molecule has 4 nitrogen and oxygen atoms in total. The van der Waals surface area contributed by atoms with Crippen molar-refractivity contribution in [2.24, 2.45) is 0 Å². The molecule has 0 saturated heterocycles. The number of unbranched alkanes of at least 4 members (excludes halogenated alkanes) is 13. The minimum Gasteiger partial charge on any atom is -0.748 e. The number of aliphatic hydroxyl groups excluding tert-OH is 1. The van der Waals surface area contributed by atoms with Crippen LogP contribution in [0.2, 0.25) is 0 Å². The predicted octanol–water partition coefficient (Wildman–Crippen LogP) is 4.11. The van der Waals surface area contributed by atoms with E-state index in [0.717, 1.165) is 32.1 Å². The van der Waals surface area contributed by atoms with Crippen molar-refractivity contribution in [1.82, 2.24) is 0 Å². The standard InChI is InChI=1S/C24H50O4S.K/c1-3-5-7-9-11-12-13-14-16-19-23(25)20-18-22-24(29(26,27)28)21-17-15-10-8-6-4-2;/h23-25H,3-22H2,1-2H3,(H,26,27,28);/q;+1/p-1. The summed E-state index contributed by atoms with van der Waals surface area (Å²) in [5.74, 6) is 0. The van der Waals surface area contributed by atoms with Crippen LogP contribution in [0, 0.1) is 0 Å². The summed E-state index contributed by atoms with van der Waals surface area (Å²) in [4.78, 5) is 0. The summed E-state index contributed by atoms with van der Waals surface area (Å²) < 4.78 is 34.5. The molecule has 0 fully saturated rings. The van der Waals surface area contributed by atoms with E-state index < -0.39 is 15.4 Å². The zero-order chi connectivity index (χ0) is 21.8. The Balaban J connectivity index is 0. The predicted molar refractivity (Wildman–Crippen MR) is 123 cm³/mol. The molecule has 0 aliphatic carbocycles. The van der Waals surface area contributed by atoms with E-state index in [1.165, 1.54) is 70.6 Å². The number of rotatable bonds is 22. The molecule has 0 aliphatic rings. The second-order valence-corrected chi connectivity index (χ2v) is 10.5. The molecule has 1 N–H and O–H groups in total. The molecule has 0 spiro atoms. The molecule has 0 amide bonds. The Labute approximate surface area is 230 Å². The normalized spacial score (nSPS) is 13.7. The Morgan fingerprint density at radius 1 is 0.600 bits per heavy atom. The zero-order valence-corrected chi connectivity index (χ0v) is 24.3. The molecule has 2 atom stereocenters. The van der Waals surface area contributed by atoms with Gasteiger partial charge in [0.25, 0.3) is 0 Å². The summed E-state index contributed by atoms with van der Waals surface area (Å²) in [6, 6.07) is 0. The molecule has 0 aromatic heterocycles. The van der Waals surface area contributed by atoms with E-state index in [9.17, 15) is 18.1 Å². The van der Waals surface area contributed by atoms with Crippen molar-refractivity contribution in [3.63, 3.8) is 0 Å². The Morgan fingerprint density at radius 2 is 0.933 bits per heavy atom. The summed E-state index contributed by atoms with van der Waals surface area (Å²) in [7, 11) is -4.23. The van der Waals surface area contributed by atoms with Gasteiger partial charge in [0.2, 0.25) is 0 Å². The fraction of sp³-hybridized carbons (Fsp3) is 1.00. The Bertz CT molecular complexity index is 442. The smallest absolute Gasteiger partial charge is 0.748 e. The van der Waals surface area contributed by atoms with Crippen LogP contribution in [0.25, 0.3) is 0 Å². The number of hydrogen-bond acceptors (Lipinski definition) is 4.